The Morgan fingerprint density at radius 2 is 2.00 bits per heavy atom. The van der Waals surface area contributed by atoms with Crippen LogP contribution in [0.5, 0.6) is 0 Å². The highest BCUT2D eigenvalue weighted by Gasteiger charge is 2.22. The number of anilines is 1. The Hall–Kier alpha value is -2.78. The molecule has 0 atom stereocenters. The molecule has 0 unspecified atom stereocenters. The van der Waals surface area contributed by atoms with Gasteiger partial charge in [0.05, 0.1) is 6.54 Å². The fourth-order valence-electron chi connectivity index (χ4n) is 2.68. The fraction of sp³-hybridized carbons (Fsp3) is 0.467. The Morgan fingerprint density at radius 1 is 1.24 bits per heavy atom. The standard InChI is InChI=1S/C15H19F2N7O/c1-11-18-3-2-12(21-11)22-6-8-23(9-7-22)15(25)20-10-13-19-4-5-24(13)14(16)17/h2-5,14H,6-10H2,1H3,(H,20,25). The molecule has 1 aliphatic heterocycles. The van der Waals surface area contributed by atoms with Crippen molar-refractivity contribution >= 4 is 11.8 Å². The zero-order chi connectivity index (χ0) is 17.8. The summed E-state index contributed by atoms with van der Waals surface area (Å²) >= 11 is 0. The fourth-order valence-corrected chi connectivity index (χ4v) is 2.68. The molecule has 0 aromatic carbocycles. The first kappa shape index (κ1) is 17.1. The van der Waals surface area contributed by atoms with Gasteiger partial charge in [-0.25, -0.2) is 19.7 Å². The van der Waals surface area contributed by atoms with Gasteiger partial charge in [-0.05, 0) is 13.0 Å². The van der Waals surface area contributed by atoms with E-state index in [-0.39, 0.29) is 18.4 Å². The van der Waals surface area contributed by atoms with Crippen molar-refractivity contribution in [1.82, 2.24) is 29.7 Å². The Labute approximate surface area is 143 Å². The summed E-state index contributed by atoms with van der Waals surface area (Å²) in [4.78, 5) is 28.2. The SMILES string of the molecule is Cc1nccc(N2CCN(C(=O)NCc3nccn3C(F)F)CC2)n1. The molecule has 10 heteroatoms. The molecular formula is C15H19F2N7O. The molecule has 3 heterocycles. The Morgan fingerprint density at radius 3 is 2.68 bits per heavy atom. The molecule has 0 aliphatic carbocycles. The van der Waals surface area contributed by atoms with Crippen LogP contribution >= 0.6 is 0 Å². The lowest BCUT2D eigenvalue weighted by Crippen LogP contribution is -2.52. The number of halogens is 2. The Balaban J connectivity index is 1.51. The second kappa shape index (κ2) is 7.41. The molecule has 1 N–H and O–H groups in total. The molecule has 0 saturated carbocycles. The van der Waals surface area contributed by atoms with E-state index in [2.05, 4.69) is 25.2 Å². The molecule has 2 amide bonds. The zero-order valence-electron chi connectivity index (χ0n) is 13.8. The zero-order valence-corrected chi connectivity index (χ0v) is 13.8. The summed E-state index contributed by atoms with van der Waals surface area (Å²) in [5.41, 5.74) is 0. The number of urea groups is 1. The van der Waals surface area contributed by atoms with Crippen LogP contribution in [0.2, 0.25) is 0 Å². The van der Waals surface area contributed by atoms with Gasteiger partial charge in [-0.3, -0.25) is 4.57 Å². The van der Waals surface area contributed by atoms with Gasteiger partial charge in [-0.15, -0.1) is 0 Å². The molecule has 1 saturated heterocycles. The van der Waals surface area contributed by atoms with Crippen LogP contribution in [-0.2, 0) is 6.54 Å². The third-order valence-corrected chi connectivity index (χ3v) is 4.01. The van der Waals surface area contributed by atoms with Crippen molar-refractivity contribution in [3.63, 3.8) is 0 Å². The summed E-state index contributed by atoms with van der Waals surface area (Å²) in [6, 6.07) is 1.55. The first-order chi connectivity index (χ1) is 12.0. The normalized spacial score (nSPS) is 14.9. The highest BCUT2D eigenvalue weighted by atomic mass is 19.3. The van der Waals surface area contributed by atoms with E-state index in [1.165, 1.54) is 12.4 Å². The lowest BCUT2D eigenvalue weighted by molar-refractivity contribution is 0.0666. The van der Waals surface area contributed by atoms with E-state index >= 15 is 0 Å². The van der Waals surface area contributed by atoms with E-state index in [1.807, 2.05) is 13.0 Å². The third-order valence-electron chi connectivity index (χ3n) is 4.01. The number of hydrogen-bond donors (Lipinski definition) is 1. The second-order valence-corrected chi connectivity index (χ2v) is 5.62. The number of alkyl halides is 2. The van der Waals surface area contributed by atoms with Crippen LogP contribution in [0.1, 0.15) is 18.2 Å². The van der Waals surface area contributed by atoms with Crippen LogP contribution in [0.3, 0.4) is 0 Å². The van der Waals surface area contributed by atoms with Gasteiger partial charge in [0.25, 0.3) is 0 Å². The highest BCUT2D eigenvalue weighted by molar-refractivity contribution is 5.74. The topological polar surface area (TPSA) is 79.2 Å². The van der Waals surface area contributed by atoms with E-state index in [9.17, 15) is 13.6 Å². The lowest BCUT2D eigenvalue weighted by atomic mass is 10.3. The average Bonchev–Trinajstić information content (AvgIpc) is 3.09. The molecule has 1 aliphatic rings. The summed E-state index contributed by atoms with van der Waals surface area (Å²) in [6.07, 6.45) is 4.19. The maximum absolute atomic E-state index is 12.8. The third kappa shape index (κ3) is 4.01. The van der Waals surface area contributed by atoms with E-state index in [4.69, 9.17) is 0 Å². The average molecular weight is 351 g/mol. The van der Waals surface area contributed by atoms with E-state index < -0.39 is 6.55 Å². The summed E-state index contributed by atoms with van der Waals surface area (Å²) in [7, 11) is 0. The number of nitrogens with zero attached hydrogens (tertiary/aromatic N) is 6. The molecular weight excluding hydrogens is 332 g/mol. The first-order valence-corrected chi connectivity index (χ1v) is 7.92. The number of carbonyl (C=O) groups excluding carboxylic acids is 1. The number of aryl methyl sites for hydroxylation is 1. The van der Waals surface area contributed by atoms with Gasteiger partial charge in [0.15, 0.2) is 0 Å². The highest BCUT2D eigenvalue weighted by Crippen LogP contribution is 2.14. The number of rotatable bonds is 4. The predicted octanol–water partition coefficient (Wildman–Crippen LogP) is 1.41. The van der Waals surface area contributed by atoms with Gasteiger partial charge in [0.1, 0.15) is 17.5 Å². The van der Waals surface area contributed by atoms with Gasteiger partial charge in [-0.1, -0.05) is 0 Å². The van der Waals surface area contributed by atoms with Crippen molar-refractivity contribution in [1.29, 1.82) is 0 Å². The van der Waals surface area contributed by atoms with Crippen molar-refractivity contribution in [2.24, 2.45) is 0 Å². The van der Waals surface area contributed by atoms with E-state index in [0.29, 0.717) is 32.0 Å². The summed E-state index contributed by atoms with van der Waals surface area (Å²) in [6.45, 7) is 1.47. The number of hydrogen-bond acceptors (Lipinski definition) is 5. The van der Waals surface area contributed by atoms with Gasteiger partial charge in [0, 0.05) is 44.8 Å². The largest absolute Gasteiger partial charge is 0.353 e. The maximum atomic E-state index is 12.8. The van der Waals surface area contributed by atoms with Crippen LogP contribution in [0.4, 0.5) is 19.4 Å². The monoisotopic (exact) mass is 351 g/mol. The van der Waals surface area contributed by atoms with Crippen LogP contribution in [0, 0.1) is 6.92 Å². The van der Waals surface area contributed by atoms with Crippen molar-refractivity contribution in [3.8, 4) is 0 Å². The predicted molar refractivity (Wildman–Crippen MR) is 86.3 cm³/mol. The summed E-state index contributed by atoms with van der Waals surface area (Å²) in [5, 5.41) is 2.64. The molecule has 0 spiro atoms. The number of piperazine rings is 1. The summed E-state index contributed by atoms with van der Waals surface area (Å²) in [5.74, 6) is 1.66. The van der Waals surface area contributed by atoms with Crippen LogP contribution in [0.15, 0.2) is 24.7 Å². The van der Waals surface area contributed by atoms with Crippen LogP contribution in [-0.4, -0.2) is 56.6 Å². The van der Waals surface area contributed by atoms with Gasteiger partial charge >= 0.3 is 12.6 Å². The number of aromatic nitrogens is 4. The van der Waals surface area contributed by atoms with Gasteiger partial charge in [0.2, 0.25) is 0 Å². The van der Waals surface area contributed by atoms with Crippen molar-refractivity contribution < 1.29 is 13.6 Å². The quantitative estimate of drug-likeness (QED) is 0.901. The second-order valence-electron chi connectivity index (χ2n) is 5.62. The summed E-state index contributed by atoms with van der Waals surface area (Å²) < 4.78 is 26.2. The van der Waals surface area contributed by atoms with Crippen LogP contribution < -0.4 is 10.2 Å². The molecule has 2 aromatic heterocycles. The first-order valence-electron chi connectivity index (χ1n) is 7.92. The molecule has 0 bridgehead atoms. The number of nitrogens with one attached hydrogen (secondary N) is 1. The molecule has 2 aromatic rings. The maximum Gasteiger partial charge on any atom is 0.319 e. The number of amides is 2. The van der Waals surface area contributed by atoms with E-state index in [0.717, 1.165) is 10.4 Å². The molecule has 134 valence electrons. The minimum Gasteiger partial charge on any atom is -0.353 e. The van der Waals surface area contributed by atoms with Crippen LogP contribution in [0.25, 0.3) is 0 Å². The minimum absolute atomic E-state index is 0.0402. The smallest absolute Gasteiger partial charge is 0.319 e. The Bertz CT molecular complexity index is 728. The molecule has 1 fully saturated rings. The van der Waals surface area contributed by atoms with E-state index in [1.54, 1.807) is 11.1 Å². The van der Waals surface area contributed by atoms with Crippen molar-refractivity contribution in [2.75, 3.05) is 31.1 Å². The minimum atomic E-state index is -2.67. The molecule has 8 nitrogen and oxygen atoms in total. The molecule has 3 rings (SSSR count). The van der Waals surface area contributed by atoms with Crippen molar-refractivity contribution in [3.05, 3.63) is 36.3 Å². The molecule has 25 heavy (non-hydrogen) atoms. The van der Waals surface area contributed by atoms with Crippen molar-refractivity contribution in [2.45, 2.75) is 20.0 Å². The lowest BCUT2D eigenvalue weighted by Gasteiger charge is -2.35. The Kier molecular flexibility index (Phi) is 5.05. The number of imidazole rings is 1. The van der Waals surface area contributed by atoms with Gasteiger partial charge in [-0.2, -0.15) is 8.78 Å². The number of carbonyl (C=O) groups is 1. The molecule has 0 radical (unpaired) electrons. The van der Waals surface area contributed by atoms with Gasteiger partial charge < -0.3 is 15.1 Å².